The molecule has 0 aromatic heterocycles. The predicted molar refractivity (Wildman–Crippen MR) is 66.9 cm³/mol. The average molecular weight is 252 g/mol. The topological polar surface area (TPSA) is 84.6 Å². The Kier molecular flexibility index (Phi) is 3.66. The molecular formula is C12H16N2O4. The Balaban J connectivity index is 2.17. The number of ether oxygens (including phenoxy) is 1. The van der Waals surface area contributed by atoms with Gasteiger partial charge in [-0.1, -0.05) is 0 Å². The van der Waals surface area contributed by atoms with E-state index in [1.807, 2.05) is 0 Å². The van der Waals surface area contributed by atoms with Crippen molar-refractivity contribution in [3.05, 3.63) is 28.3 Å². The normalized spacial score (nSPS) is 22.8. The number of nitro benzene ring substituents is 1. The van der Waals surface area contributed by atoms with E-state index >= 15 is 0 Å². The fourth-order valence-corrected chi connectivity index (χ4v) is 2.24. The molecule has 1 saturated carbocycles. The molecule has 1 aromatic rings. The summed E-state index contributed by atoms with van der Waals surface area (Å²) in [6.45, 7) is 0. The lowest BCUT2D eigenvalue weighted by atomic mass is 10.2. The van der Waals surface area contributed by atoms with Crippen LogP contribution in [0.1, 0.15) is 19.3 Å². The molecule has 6 heteroatoms. The zero-order chi connectivity index (χ0) is 13.1. The summed E-state index contributed by atoms with van der Waals surface area (Å²) in [6.07, 6.45) is 2.33. The lowest BCUT2D eigenvalue weighted by Crippen LogP contribution is -2.27. The third-order valence-electron chi connectivity index (χ3n) is 3.21. The number of aliphatic hydroxyl groups excluding tert-OH is 1. The van der Waals surface area contributed by atoms with Gasteiger partial charge in [0.2, 0.25) is 0 Å². The first-order valence-electron chi connectivity index (χ1n) is 5.89. The third-order valence-corrected chi connectivity index (χ3v) is 3.21. The molecule has 0 aliphatic heterocycles. The van der Waals surface area contributed by atoms with Crippen LogP contribution in [0.3, 0.4) is 0 Å². The maximum Gasteiger partial charge on any atom is 0.311 e. The van der Waals surface area contributed by atoms with Crippen LogP contribution in [0.5, 0.6) is 5.75 Å². The van der Waals surface area contributed by atoms with Gasteiger partial charge in [-0.3, -0.25) is 10.1 Å². The van der Waals surface area contributed by atoms with Crippen LogP contribution in [0.15, 0.2) is 18.2 Å². The second-order valence-electron chi connectivity index (χ2n) is 4.39. The molecule has 18 heavy (non-hydrogen) atoms. The van der Waals surface area contributed by atoms with Crippen molar-refractivity contribution < 1.29 is 14.8 Å². The Morgan fingerprint density at radius 1 is 1.50 bits per heavy atom. The van der Waals surface area contributed by atoms with E-state index in [-0.39, 0.29) is 23.6 Å². The lowest BCUT2D eigenvalue weighted by molar-refractivity contribution is -0.385. The molecule has 6 nitrogen and oxygen atoms in total. The van der Waals surface area contributed by atoms with Crippen molar-refractivity contribution in [2.24, 2.45) is 0 Å². The van der Waals surface area contributed by atoms with Gasteiger partial charge in [-0.15, -0.1) is 0 Å². The average Bonchev–Trinajstić information content (AvgIpc) is 2.74. The van der Waals surface area contributed by atoms with Crippen LogP contribution in [0.4, 0.5) is 11.4 Å². The van der Waals surface area contributed by atoms with E-state index in [9.17, 15) is 15.2 Å². The predicted octanol–water partition coefficient (Wildman–Crippen LogP) is 1.93. The fraction of sp³-hybridized carbons (Fsp3) is 0.500. The van der Waals surface area contributed by atoms with Crippen molar-refractivity contribution in [2.45, 2.75) is 31.4 Å². The van der Waals surface area contributed by atoms with Crippen LogP contribution in [-0.4, -0.2) is 29.3 Å². The summed E-state index contributed by atoms with van der Waals surface area (Å²) in [5.74, 6) is 0.220. The number of nitro groups is 1. The fourth-order valence-electron chi connectivity index (χ4n) is 2.24. The van der Waals surface area contributed by atoms with Gasteiger partial charge in [0.1, 0.15) is 0 Å². The van der Waals surface area contributed by atoms with Crippen LogP contribution in [0.2, 0.25) is 0 Å². The Labute approximate surface area is 105 Å². The quantitative estimate of drug-likeness (QED) is 0.631. The van der Waals surface area contributed by atoms with E-state index in [0.29, 0.717) is 0 Å². The molecule has 1 aliphatic carbocycles. The molecule has 1 fully saturated rings. The van der Waals surface area contributed by atoms with Gasteiger partial charge >= 0.3 is 5.69 Å². The molecule has 2 atom stereocenters. The molecule has 0 radical (unpaired) electrons. The standard InChI is InChI=1S/C12H16N2O4/c1-18-12-7-8(5-6-10(12)14(16)17)13-9-3-2-4-11(9)15/h5-7,9,11,13,15H,2-4H2,1H3/t9-,11+/m1/s1. The molecule has 1 aliphatic rings. The maximum absolute atomic E-state index is 10.8. The highest BCUT2D eigenvalue weighted by atomic mass is 16.6. The van der Waals surface area contributed by atoms with Gasteiger partial charge in [0.15, 0.2) is 5.75 Å². The molecule has 2 rings (SSSR count). The van der Waals surface area contributed by atoms with Gasteiger partial charge in [-0.05, 0) is 25.3 Å². The Hall–Kier alpha value is -1.82. The van der Waals surface area contributed by atoms with Crippen LogP contribution < -0.4 is 10.1 Å². The van der Waals surface area contributed by atoms with Crippen LogP contribution in [-0.2, 0) is 0 Å². The zero-order valence-electron chi connectivity index (χ0n) is 10.1. The van der Waals surface area contributed by atoms with Crippen LogP contribution in [0.25, 0.3) is 0 Å². The second kappa shape index (κ2) is 5.22. The second-order valence-corrected chi connectivity index (χ2v) is 4.39. The SMILES string of the molecule is COc1cc(N[C@@H]2CCC[C@@H]2O)ccc1[N+](=O)[O-]. The Morgan fingerprint density at radius 2 is 2.28 bits per heavy atom. The summed E-state index contributed by atoms with van der Waals surface area (Å²) in [4.78, 5) is 10.3. The maximum atomic E-state index is 10.8. The summed E-state index contributed by atoms with van der Waals surface area (Å²) in [6, 6.07) is 4.63. The first-order valence-corrected chi connectivity index (χ1v) is 5.89. The number of aliphatic hydroxyl groups is 1. The number of nitrogens with one attached hydrogen (secondary N) is 1. The van der Waals surface area contributed by atoms with Crippen LogP contribution in [0, 0.1) is 10.1 Å². The molecule has 0 saturated heterocycles. The molecule has 2 N–H and O–H groups in total. The summed E-state index contributed by atoms with van der Waals surface area (Å²) in [5, 5.41) is 23.7. The number of nitrogens with zero attached hydrogens (tertiary/aromatic N) is 1. The number of anilines is 1. The van der Waals surface area contributed by atoms with Gasteiger partial charge < -0.3 is 15.2 Å². The zero-order valence-corrected chi connectivity index (χ0v) is 10.1. The van der Waals surface area contributed by atoms with Crippen molar-refractivity contribution >= 4 is 11.4 Å². The highest BCUT2D eigenvalue weighted by Crippen LogP contribution is 2.31. The Morgan fingerprint density at radius 3 is 2.83 bits per heavy atom. The number of hydrogen-bond donors (Lipinski definition) is 2. The summed E-state index contributed by atoms with van der Waals surface area (Å²) in [5.41, 5.74) is 0.665. The number of rotatable bonds is 4. The van der Waals surface area contributed by atoms with Crippen LogP contribution >= 0.6 is 0 Å². The number of hydrogen-bond acceptors (Lipinski definition) is 5. The first kappa shape index (κ1) is 12.6. The minimum Gasteiger partial charge on any atom is -0.490 e. The van der Waals surface area contributed by atoms with E-state index in [2.05, 4.69) is 5.32 Å². The van der Waals surface area contributed by atoms with Gasteiger partial charge in [0.25, 0.3) is 0 Å². The minimum atomic E-state index is -0.479. The molecule has 0 amide bonds. The molecule has 0 unspecified atom stereocenters. The summed E-state index contributed by atoms with van der Waals surface area (Å²) < 4.78 is 4.99. The van der Waals surface area contributed by atoms with E-state index in [4.69, 9.17) is 4.74 Å². The number of methoxy groups -OCH3 is 1. The highest BCUT2D eigenvalue weighted by molar-refractivity contribution is 5.58. The highest BCUT2D eigenvalue weighted by Gasteiger charge is 2.25. The van der Waals surface area contributed by atoms with Crippen molar-refractivity contribution in [1.29, 1.82) is 0 Å². The van der Waals surface area contributed by atoms with E-state index < -0.39 is 4.92 Å². The van der Waals surface area contributed by atoms with Gasteiger partial charge in [-0.25, -0.2) is 0 Å². The molecule has 98 valence electrons. The Bertz CT molecular complexity index is 450. The number of benzene rings is 1. The molecular weight excluding hydrogens is 236 g/mol. The van der Waals surface area contributed by atoms with Crippen molar-refractivity contribution in [2.75, 3.05) is 12.4 Å². The summed E-state index contributed by atoms with van der Waals surface area (Å²) >= 11 is 0. The van der Waals surface area contributed by atoms with Crippen molar-refractivity contribution in [3.63, 3.8) is 0 Å². The first-order chi connectivity index (χ1) is 8.61. The lowest BCUT2D eigenvalue weighted by Gasteiger charge is -2.18. The van der Waals surface area contributed by atoms with Crippen molar-refractivity contribution in [1.82, 2.24) is 0 Å². The third kappa shape index (κ3) is 2.53. The molecule has 0 spiro atoms. The van der Waals surface area contributed by atoms with E-state index in [0.717, 1.165) is 24.9 Å². The molecule has 0 bridgehead atoms. The molecule has 1 aromatic carbocycles. The molecule has 0 heterocycles. The van der Waals surface area contributed by atoms with Gasteiger partial charge in [-0.2, -0.15) is 0 Å². The van der Waals surface area contributed by atoms with E-state index in [1.54, 1.807) is 12.1 Å². The minimum absolute atomic E-state index is 0.0103. The van der Waals surface area contributed by atoms with Gasteiger partial charge in [0.05, 0.1) is 24.2 Å². The smallest absolute Gasteiger partial charge is 0.311 e. The van der Waals surface area contributed by atoms with E-state index in [1.165, 1.54) is 13.2 Å². The van der Waals surface area contributed by atoms with Crippen molar-refractivity contribution in [3.8, 4) is 5.75 Å². The monoisotopic (exact) mass is 252 g/mol. The van der Waals surface area contributed by atoms with Gasteiger partial charge in [0, 0.05) is 17.8 Å². The largest absolute Gasteiger partial charge is 0.490 e. The summed E-state index contributed by atoms with van der Waals surface area (Å²) in [7, 11) is 1.40.